The smallest absolute Gasteiger partial charge is 0.218 e. The number of carboxylic acids is 2. The van der Waals surface area contributed by atoms with Gasteiger partial charge < -0.3 is 138 Å². The zero-order valence-corrected chi connectivity index (χ0v) is 50.0. The number of aliphatic carboxylic acids is 2. The molecular weight excluding hydrogens is 1400 g/mol. The molecule has 0 radical (unpaired) electrons. The predicted molar refractivity (Wildman–Crippen MR) is 256 cm³/mol. The van der Waals surface area contributed by atoms with Gasteiger partial charge in [0.05, 0.1) is 125 Å². The lowest BCUT2D eigenvalue weighted by Gasteiger charge is -2.39. The fourth-order valence-electron chi connectivity index (χ4n) is 6.88. The number of amides is 1. The molecule has 5 rings (SSSR count). The number of ether oxygens (including phenoxy) is 6. The summed E-state index contributed by atoms with van der Waals surface area (Å²) in [5.41, 5.74) is 0. The van der Waals surface area contributed by atoms with Crippen molar-refractivity contribution < 1.29 is 217 Å². The Labute approximate surface area is 503 Å². The number of methoxy groups -OCH3 is 1. The predicted octanol–water partition coefficient (Wildman–Crippen LogP) is -19.1. The van der Waals surface area contributed by atoms with Gasteiger partial charge in [-0.3, -0.25) is 25.7 Å². The number of aliphatic hydroxyl groups is 6. The molecule has 57 heteroatoms. The monoisotopic (exact) mass is 1460 g/mol. The van der Waals surface area contributed by atoms with Crippen LogP contribution in [0.15, 0.2) is 0 Å². The summed E-state index contributed by atoms with van der Waals surface area (Å²) in [6.07, 6.45) is -18.7. The molecule has 5 aliphatic heterocycles. The van der Waals surface area contributed by atoms with Crippen LogP contribution in [0.3, 0.4) is 0 Å². The van der Waals surface area contributed by atoms with Gasteiger partial charge in [0.2, 0.25) is 58.4 Å². The maximum atomic E-state index is 10.6. The molecule has 0 saturated carbocycles. The Morgan fingerprint density at radius 3 is 1.35 bits per heavy atom. The molecular formula is C32H60N3O47S7-9. The van der Waals surface area contributed by atoms with Gasteiger partial charge in [-0.1, -0.05) is 0 Å². The quantitative estimate of drug-likeness (QED) is 0.0276. The highest BCUT2D eigenvalue weighted by molar-refractivity contribution is 7.84. The van der Waals surface area contributed by atoms with E-state index in [1.807, 2.05) is 0 Å². The lowest BCUT2D eigenvalue weighted by molar-refractivity contribution is -0.322. The lowest BCUT2D eigenvalue weighted by Crippen LogP contribution is -2.59. The summed E-state index contributed by atoms with van der Waals surface area (Å²) in [6.45, 7) is -3.57. The highest BCUT2D eigenvalue weighted by Crippen LogP contribution is 2.24. The van der Waals surface area contributed by atoms with Crippen molar-refractivity contribution in [2.24, 2.45) is 0 Å². The molecule has 0 aliphatic carbocycles. The van der Waals surface area contributed by atoms with Crippen molar-refractivity contribution in [2.45, 2.75) is 129 Å². The van der Waals surface area contributed by atoms with E-state index in [2.05, 4.69) is 35.7 Å². The van der Waals surface area contributed by atoms with E-state index in [0.717, 1.165) is 7.11 Å². The second kappa shape index (κ2) is 40.2. The Morgan fingerprint density at radius 2 is 0.933 bits per heavy atom. The molecule has 0 bridgehead atoms. The Morgan fingerprint density at radius 1 is 0.494 bits per heavy atom. The standard InChI is InChI=1S/C7H15NO10S2.C7H13NO8S.C6H13NO12S3.C6H10O8S.C6H10O5.4H2O/c1-16-7-6(8-19(10,11)12)5(9)2-4(18-7)3-17-20(13,14)15;9-3-8-4-1-15-5(7(11)6(4)10)2-16-17(12,13)14;8-20(9,10)7-5-3-17-4(2-18-21(11,12)13)1-6(5)19-22(14,15)16;7-3-1-4(6(8)9)13-2-5(3)14-15(10,11)12;7-3-1-5(6(9)10)11-2-4(3)8;;;;/h4-9H,2-3H2,1H3,(H,10,11,12)(H,13,14,15);3-7,10-11H,1-2H2,(H,8,9)(H,12,13,14);4-7H,1-3H2,(H,8,9,10)(H,11,12,13)(H,14,15,16);3-5,7H,1-2H2,(H,8,9)(H,10,11,12);3-5,7-8H,1-2H2,(H,9,10);4*1H2/p-9/t4?,5-,6?,7+;4?,5?,6-,7+;4?,5?,6-;2*3-,4?,5?;;;;/m10111..../s1. The van der Waals surface area contributed by atoms with Crippen LogP contribution in [0, 0.1) is 0 Å². The topological polar surface area (TPSA) is 883 Å². The molecule has 1 amide bonds. The zero-order chi connectivity index (χ0) is 65.9. The van der Waals surface area contributed by atoms with Crippen molar-refractivity contribution in [3.63, 3.8) is 0 Å². The van der Waals surface area contributed by atoms with Gasteiger partial charge in [-0.25, -0.2) is 68.4 Å². The Balaban J connectivity index is -0.000000509. The molecule has 5 fully saturated rings. The number of nitrogens with one attached hydrogen (secondary N) is 3. The van der Waals surface area contributed by atoms with E-state index in [1.165, 1.54) is 4.72 Å². The molecule has 17 N–H and O–H groups in total. The third-order valence-corrected chi connectivity index (χ3v) is 14.0. The first-order valence-corrected chi connectivity index (χ1v) is 31.9. The Bertz CT molecular complexity index is 2920. The largest absolute Gasteiger partial charge is 0.735 e. The van der Waals surface area contributed by atoms with Gasteiger partial charge in [0, 0.05) is 32.8 Å². The van der Waals surface area contributed by atoms with Gasteiger partial charge in [-0.2, -0.15) is 0 Å². The first-order chi connectivity index (χ1) is 38.5. The minimum atomic E-state index is -5.24. The molecule has 17 atom stereocenters. The Kier molecular flexibility index (Phi) is 41.7. The SMILES string of the molecule is CO[C@H]1OC(COS(=O)(=O)[O-])C[C@@H](O)C1NS(=O)(=O)[O-].O.O.O.O.O=C([O-])C1C[C@@H](O)C(O)CO1.O=C([O-])C1C[C@@H](O)C(OS(=O)(=O)[O-])CO1.O=CNC1COC(COS(=O)(=O)[O-])[C@@H](O)[C@H]1O.O=S(=O)([O-])NC1COC(COS(=O)(=O)[O-])C[C@H]1OS(=O)(=O)[O-]. The first-order valence-electron chi connectivity index (χ1n) is 22.4. The van der Waals surface area contributed by atoms with Crippen LogP contribution in [0.4, 0.5) is 0 Å². The molecule has 50 nitrogen and oxygen atoms in total. The van der Waals surface area contributed by atoms with Crippen molar-refractivity contribution in [3.8, 4) is 0 Å². The van der Waals surface area contributed by atoms with Crippen molar-refractivity contribution in [2.75, 3.05) is 53.4 Å². The van der Waals surface area contributed by atoms with Gasteiger partial charge in [-0.15, -0.1) is 0 Å². The van der Waals surface area contributed by atoms with E-state index in [0.29, 0.717) is 6.41 Å². The average Bonchev–Trinajstić information content (AvgIpc) is 1.63. The zero-order valence-electron chi connectivity index (χ0n) is 44.3. The van der Waals surface area contributed by atoms with E-state index in [-0.39, 0.29) is 54.4 Å². The number of carbonyl (C=O) groups is 3. The summed E-state index contributed by atoms with van der Waals surface area (Å²) < 4.78 is 270. The number of hydrogen-bond acceptors (Lipinski definition) is 43. The summed E-state index contributed by atoms with van der Waals surface area (Å²) in [5, 5.41) is 78.6. The molecule has 0 aromatic heterocycles. The number of carboxylic acid groups (broad SMARTS) is 2. The molecule has 0 aromatic rings. The molecule has 0 aromatic carbocycles. The molecule has 536 valence electrons. The van der Waals surface area contributed by atoms with Crippen LogP contribution in [0.25, 0.3) is 0 Å². The minimum absolute atomic E-state index is 0. The summed E-state index contributed by atoms with van der Waals surface area (Å²) in [6, 6.07) is -3.66. The second-order valence-electron chi connectivity index (χ2n) is 17.0. The summed E-state index contributed by atoms with van der Waals surface area (Å²) >= 11 is 0. The summed E-state index contributed by atoms with van der Waals surface area (Å²) in [7, 11) is -33.8. The normalized spacial score (nSPS) is 30.9. The van der Waals surface area contributed by atoms with Crippen LogP contribution < -0.4 is 25.0 Å². The van der Waals surface area contributed by atoms with Crippen LogP contribution >= 0.6 is 0 Å². The van der Waals surface area contributed by atoms with Crippen molar-refractivity contribution >= 4 is 91.0 Å². The van der Waals surface area contributed by atoms with Crippen molar-refractivity contribution in [1.82, 2.24) is 14.8 Å². The fourth-order valence-corrected chi connectivity index (χ4v) is 10.0. The second-order valence-corrected chi connectivity index (χ2v) is 24.5. The van der Waals surface area contributed by atoms with Gasteiger partial charge >= 0.3 is 0 Å². The van der Waals surface area contributed by atoms with Crippen LogP contribution in [0.1, 0.15) is 25.7 Å². The average molecular weight is 1460 g/mol. The van der Waals surface area contributed by atoms with Gasteiger partial charge in [0.25, 0.3) is 0 Å². The van der Waals surface area contributed by atoms with Crippen LogP contribution in [-0.4, -0.2) is 319 Å². The van der Waals surface area contributed by atoms with E-state index in [4.69, 9.17) is 29.2 Å². The van der Waals surface area contributed by atoms with Crippen LogP contribution in [0.5, 0.6) is 0 Å². The first kappa shape index (κ1) is 92.3. The summed E-state index contributed by atoms with van der Waals surface area (Å²) in [5.74, 6) is -2.87. The highest BCUT2D eigenvalue weighted by atomic mass is 32.3. The molecule has 0 spiro atoms. The van der Waals surface area contributed by atoms with Gasteiger partial charge in [0.1, 0.15) is 30.5 Å². The van der Waals surface area contributed by atoms with Gasteiger partial charge in [0.15, 0.2) is 26.9 Å². The Hall–Kier alpha value is -3.14. The fraction of sp³-hybridized carbons (Fsp3) is 0.906. The number of hydrogen-bond donors (Lipinski definition) is 9. The van der Waals surface area contributed by atoms with E-state index in [1.54, 1.807) is 4.72 Å². The molecule has 5 aliphatic rings. The van der Waals surface area contributed by atoms with Crippen LogP contribution in [-0.2, 0) is 136 Å². The molecule has 10 unspecified atom stereocenters. The molecule has 5 saturated heterocycles. The molecule has 89 heavy (non-hydrogen) atoms. The van der Waals surface area contributed by atoms with Crippen molar-refractivity contribution in [1.29, 1.82) is 0 Å². The third kappa shape index (κ3) is 40.6. The summed E-state index contributed by atoms with van der Waals surface area (Å²) in [4.78, 5) is 30.7. The number of rotatable bonds is 22. The molecule has 5 heterocycles. The number of aliphatic hydroxyl groups excluding tert-OH is 6. The van der Waals surface area contributed by atoms with E-state index in [9.17, 15) is 136 Å². The lowest BCUT2D eigenvalue weighted by atomic mass is 9.99. The minimum Gasteiger partial charge on any atom is -0.735 e. The third-order valence-electron chi connectivity index (χ3n) is 10.6. The van der Waals surface area contributed by atoms with E-state index >= 15 is 0 Å². The maximum absolute atomic E-state index is 10.6. The maximum Gasteiger partial charge on any atom is 0.218 e. The number of carbonyl (C=O) groups excluding carboxylic acids is 3. The van der Waals surface area contributed by atoms with Gasteiger partial charge in [-0.05, 0) is 0 Å². The van der Waals surface area contributed by atoms with Crippen molar-refractivity contribution in [3.05, 3.63) is 0 Å². The van der Waals surface area contributed by atoms with Crippen LogP contribution in [0.2, 0.25) is 0 Å². The van der Waals surface area contributed by atoms with E-state index < -0.39 is 228 Å². The highest BCUT2D eigenvalue weighted by Gasteiger charge is 2.41.